The second kappa shape index (κ2) is 8.09. The van der Waals surface area contributed by atoms with Gasteiger partial charge in [-0.15, -0.1) is 0 Å². The molecule has 1 N–H and O–H groups in total. The normalized spacial score (nSPS) is 11.1. The quantitative estimate of drug-likeness (QED) is 0.519. The molecule has 2 heterocycles. The minimum Gasteiger partial charge on any atom is -0.491 e. The maximum absolute atomic E-state index is 12.5. The maximum atomic E-state index is 12.5. The van der Waals surface area contributed by atoms with E-state index in [9.17, 15) is 4.79 Å². The number of benzene rings is 1. The van der Waals surface area contributed by atoms with Crippen LogP contribution in [-0.4, -0.2) is 35.2 Å². The number of carbonyl (C=O) groups excluding carboxylic acids is 1. The number of amides is 1. The van der Waals surface area contributed by atoms with E-state index in [-0.39, 0.29) is 5.91 Å². The van der Waals surface area contributed by atoms with E-state index in [1.165, 1.54) is 13.3 Å². The standard InChI is InChI=1S/C19H19ClN4O3/c1-4-27-15-10-13(9-14(20)18(15)26-3)11-21-23-19(25)17-12(2)22-16-7-5-6-8-24(16)17/h5-11H,4H2,1-3H3,(H,23,25)/b21-11-. The van der Waals surface area contributed by atoms with Gasteiger partial charge in [-0.3, -0.25) is 9.20 Å². The van der Waals surface area contributed by atoms with Crippen LogP contribution in [0.2, 0.25) is 5.02 Å². The monoisotopic (exact) mass is 386 g/mol. The SMILES string of the molecule is CCOc1cc(/C=N\NC(=O)c2c(C)nc3ccccn23)cc(Cl)c1OC. The Kier molecular flexibility index (Phi) is 5.61. The van der Waals surface area contributed by atoms with Crippen molar-refractivity contribution in [3.63, 3.8) is 0 Å². The van der Waals surface area contributed by atoms with Crippen molar-refractivity contribution in [3.05, 3.63) is 58.5 Å². The van der Waals surface area contributed by atoms with Gasteiger partial charge >= 0.3 is 0 Å². The van der Waals surface area contributed by atoms with E-state index in [0.717, 1.165) is 0 Å². The van der Waals surface area contributed by atoms with Crippen LogP contribution in [0.25, 0.3) is 5.65 Å². The Bertz CT molecular complexity index is 1010. The Labute approximate surface area is 161 Å². The molecule has 0 atom stereocenters. The van der Waals surface area contributed by atoms with E-state index in [1.807, 2.05) is 25.1 Å². The fraction of sp³-hybridized carbons (Fsp3) is 0.211. The van der Waals surface area contributed by atoms with Crippen LogP contribution in [0.3, 0.4) is 0 Å². The lowest BCUT2D eigenvalue weighted by Gasteiger charge is -2.11. The summed E-state index contributed by atoms with van der Waals surface area (Å²) >= 11 is 6.21. The Hall–Kier alpha value is -3.06. The highest BCUT2D eigenvalue weighted by molar-refractivity contribution is 6.32. The number of nitrogens with zero attached hydrogens (tertiary/aromatic N) is 3. The Balaban J connectivity index is 1.81. The number of aromatic nitrogens is 2. The molecule has 27 heavy (non-hydrogen) atoms. The molecule has 0 radical (unpaired) electrons. The number of methoxy groups -OCH3 is 1. The number of rotatable bonds is 6. The van der Waals surface area contributed by atoms with Crippen LogP contribution in [0.5, 0.6) is 11.5 Å². The fourth-order valence-corrected chi connectivity index (χ4v) is 3.03. The average Bonchev–Trinajstić information content (AvgIpc) is 2.97. The van der Waals surface area contributed by atoms with Crippen LogP contribution < -0.4 is 14.9 Å². The molecule has 1 amide bonds. The van der Waals surface area contributed by atoms with Gasteiger partial charge in [0.25, 0.3) is 5.91 Å². The Morgan fingerprint density at radius 1 is 1.41 bits per heavy atom. The highest BCUT2D eigenvalue weighted by Crippen LogP contribution is 2.35. The number of fused-ring (bicyclic) bond motifs is 1. The maximum Gasteiger partial charge on any atom is 0.290 e. The molecule has 0 unspecified atom stereocenters. The number of hydrazone groups is 1. The average molecular weight is 387 g/mol. The van der Waals surface area contributed by atoms with Gasteiger partial charge in [0.1, 0.15) is 11.3 Å². The Morgan fingerprint density at radius 3 is 2.96 bits per heavy atom. The summed E-state index contributed by atoms with van der Waals surface area (Å²) < 4.78 is 12.5. The molecule has 0 spiro atoms. The van der Waals surface area contributed by atoms with Crippen LogP contribution in [0.1, 0.15) is 28.7 Å². The number of carbonyl (C=O) groups is 1. The zero-order valence-electron chi connectivity index (χ0n) is 15.2. The van der Waals surface area contributed by atoms with Crippen LogP contribution in [-0.2, 0) is 0 Å². The van der Waals surface area contributed by atoms with Crippen molar-refractivity contribution in [2.24, 2.45) is 5.10 Å². The highest BCUT2D eigenvalue weighted by Gasteiger charge is 2.16. The third-order valence-corrected chi connectivity index (χ3v) is 4.12. The smallest absolute Gasteiger partial charge is 0.290 e. The van der Waals surface area contributed by atoms with Crippen molar-refractivity contribution in [1.82, 2.24) is 14.8 Å². The molecule has 0 aliphatic rings. The van der Waals surface area contributed by atoms with E-state index >= 15 is 0 Å². The van der Waals surface area contributed by atoms with Crippen LogP contribution >= 0.6 is 11.6 Å². The lowest BCUT2D eigenvalue weighted by molar-refractivity contribution is 0.0948. The number of hydrogen-bond donors (Lipinski definition) is 1. The number of ether oxygens (including phenoxy) is 2. The number of aryl methyl sites for hydroxylation is 1. The third-order valence-electron chi connectivity index (χ3n) is 3.83. The first kappa shape index (κ1) is 18.7. The van der Waals surface area contributed by atoms with E-state index in [2.05, 4.69) is 15.5 Å². The first-order valence-corrected chi connectivity index (χ1v) is 8.70. The summed E-state index contributed by atoms with van der Waals surface area (Å²) in [6.07, 6.45) is 3.27. The second-order valence-corrected chi connectivity index (χ2v) is 6.05. The molecule has 3 rings (SSSR count). The lowest BCUT2D eigenvalue weighted by atomic mass is 10.2. The first-order valence-electron chi connectivity index (χ1n) is 8.32. The predicted octanol–water partition coefficient (Wildman–Crippen LogP) is 3.47. The van der Waals surface area contributed by atoms with Crippen LogP contribution in [0.15, 0.2) is 41.6 Å². The second-order valence-electron chi connectivity index (χ2n) is 5.64. The molecule has 0 aliphatic carbocycles. The van der Waals surface area contributed by atoms with Gasteiger partial charge in [-0.25, -0.2) is 10.4 Å². The predicted molar refractivity (Wildman–Crippen MR) is 104 cm³/mol. The largest absolute Gasteiger partial charge is 0.491 e. The number of halogens is 1. The molecule has 0 saturated heterocycles. The summed E-state index contributed by atoms with van der Waals surface area (Å²) in [7, 11) is 1.52. The highest BCUT2D eigenvalue weighted by atomic mass is 35.5. The lowest BCUT2D eigenvalue weighted by Crippen LogP contribution is -2.20. The van der Waals surface area contributed by atoms with Gasteiger partial charge in [0, 0.05) is 6.20 Å². The third kappa shape index (κ3) is 3.88. The summed E-state index contributed by atoms with van der Waals surface area (Å²) in [5.41, 5.74) is 4.95. The van der Waals surface area contributed by atoms with Crippen molar-refractivity contribution in [3.8, 4) is 11.5 Å². The molecule has 3 aromatic rings. The zero-order chi connectivity index (χ0) is 19.4. The summed E-state index contributed by atoms with van der Waals surface area (Å²) in [5.74, 6) is 0.617. The number of imidazole rings is 1. The van der Waals surface area contributed by atoms with E-state index in [4.69, 9.17) is 21.1 Å². The minimum absolute atomic E-state index is 0.355. The van der Waals surface area contributed by atoms with Gasteiger partial charge in [0.15, 0.2) is 11.5 Å². The molecule has 0 fully saturated rings. The van der Waals surface area contributed by atoms with Crippen molar-refractivity contribution in [2.45, 2.75) is 13.8 Å². The van der Waals surface area contributed by atoms with Gasteiger partial charge in [0.05, 0.1) is 30.6 Å². The molecule has 7 nitrogen and oxygen atoms in total. The van der Waals surface area contributed by atoms with Crippen LogP contribution in [0.4, 0.5) is 0 Å². The van der Waals surface area contributed by atoms with Crippen molar-refractivity contribution < 1.29 is 14.3 Å². The summed E-state index contributed by atoms with van der Waals surface area (Å²) in [6.45, 7) is 4.12. The molecule has 0 aliphatic heterocycles. The van der Waals surface area contributed by atoms with Crippen molar-refractivity contribution in [1.29, 1.82) is 0 Å². The summed E-state index contributed by atoms with van der Waals surface area (Å²) in [4.78, 5) is 16.9. The first-order chi connectivity index (χ1) is 13.0. The van der Waals surface area contributed by atoms with E-state index in [0.29, 0.717) is 45.7 Å². The topological polar surface area (TPSA) is 77.2 Å². The number of hydrogen-bond acceptors (Lipinski definition) is 5. The molecule has 1 aromatic carbocycles. The van der Waals surface area contributed by atoms with E-state index in [1.54, 1.807) is 29.7 Å². The van der Waals surface area contributed by atoms with Crippen LogP contribution in [0, 0.1) is 6.92 Å². The van der Waals surface area contributed by atoms with Gasteiger partial charge in [-0.2, -0.15) is 5.10 Å². The van der Waals surface area contributed by atoms with Gasteiger partial charge in [0.2, 0.25) is 0 Å². The van der Waals surface area contributed by atoms with Crippen molar-refractivity contribution in [2.75, 3.05) is 13.7 Å². The Morgan fingerprint density at radius 2 is 2.22 bits per heavy atom. The number of nitrogens with one attached hydrogen (secondary N) is 1. The summed E-state index contributed by atoms with van der Waals surface area (Å²) in [6, 6.07) is 8.96. The molecule has 0 bridgehead atoms. The van der Waals surface area contributed by atoms with Gasteiger partial charge in [-0.05, 0) is 43.7 Å². The van der Waals surface area contributed by atoms with Crippen molar-refractivity contribution >= 4 is 29.4 Å². The number of pyridine rings is 1. The molecular formula is C19H19ClN4O3. The summed E-state index contributed by atoms with van der Waals surface area (Å²) in [5, 5.41) is 4.42. The van der Waals surface area contributed by atoms with Gasteiger partial charge in [-0.1, -0.05) is 17.7 Å². The molecular weight excluding hydrogens is 368 g/mol. The molecule has 2 aromatic heterocycles. The zero-order valence-corrected chi connectivity index (χ0v) is 15.9. The fourth-order valence-electron chi connectivity index (χ4n) is 2.73. The molecule has 140 valence electrons. The van der Waals surface area contributed by atoms with E-state index < -0.39 is 0 Å². The van der Waals surface area contributed by atoms with Gasteiger partial charge < -0.3 is 9.47 Å². The minimum atomic E-state index is -0.355. The molecule has 0 saturated carbocycles. The molecule has 8 heteroatoms.